The van der Waals surface area contributed by atoms with Gasteiger partial charge in [0, 0.05) is 16.7 Å². The van der Waals surface area contributed by atoms with E-state index in [2.05, 4.69) is 0 Å². The fraction of sp³-hybridized carbons (Fsp3) is 0.536. The monoisotopic (exact) mass is 498 g/mol. The van der Waals surface area contributed by atoms with E-state index in [4.69, 9.17) is 4.74 Å². The topological polar surface area (TPSA) is 121 Å². The van der Waals surface area contributed by atoms with Gasteiger partial charge in [0.2, 0.25) is 5.78 Å². The molecule has 3 saturated carbocycles. The predicted octanol–water partition coefficient (Wildman–Crippen LogP) is 3.22. The summed E-state index contributed by atoms with van der Waals surface area (Å²) < 4.78 is 22.2. The summed E-state index contributed by atoms with van der Waals surface area (Å²) in [6.07, 6.45) is 4.08. The first kappa shape index (κ1) is 24.8. The standard InChI is InChI=1S/C28H31FO7/c1-25-11-9-17(30)13-16(25)7-8-20-19-10-12-27(35,26(19,2)14-22(32)28(20,25)29)23(33)15-36-24(34)18-5-3-4-6-21(18)31/h3-6,9,11,13,19-20,22,31-32,35H,7-8,10,12,14-15H2,1-2H3/t19-,20-,22-,25-,26-,27-,28-/m0/s1. The van der Waals surface area contributed by atoms with Gasteiger partial charge < -0.3 is 20.1 Å². The average molecular weight is 499 g/mol. The number of phenolic OH excluding ortho intramolecular Hbond substituents is 1. The predicted molar refractivity (Wildman–Crippen MR) is 127 cm³/mol. The first-order valence-electron chi connectivity index (χ1n) is 12.4. The van der Waals surface area contributed by atoms with Crippen LogP contribution in [0.1, 0.15) is 56.3 Å². The minimum atomic E-state index is -2.05. The van der Waals surface area contributed by atoms with Crippen molar-refractivity contribution in [3.8, 4) is 5.75 Å². The molecule has 4 aliphatic carbocycles. The van der Waals surface area contributed by atoms with E-state index in [0.29, 0.717) is 24.8 Å². The molecular formula is C28H31FO7. The zero-order chi connectivity index (χ0) is 26.1. The number of para-hydroxylation sites is 1. The quantitative estimate of drug-likeness (QED) is 0.545. The second-order valence-corrected chi connectivity index (χ2v) is 11.2. The molecule has 0 spiro atoms. The van der Waals surface area contributed by atoms with Gasteiger partial charge in [-0.1, -0.05) is 30.7 Å². The van der Waals surface area contributed by atoms with Crippen molar-refractivity contribution in [3.63, 3.8) is 0 Å². The highest BCUT2D eigenvalue weighted by Crippen LogP contribution is 2.69. The summed E-state index contributed by atoms with van der Waals surface area (Å²) in [6.45, 7) is 2.72. The molecule has 36 heavy (non-hydrogen) atoms. The number of hydrogen-bond donors (Lipinski definition) is 3. The summed E-state index contributed by atoms with van der Waals surface area (Å²) in [7, 11) is 0. The van der Waals surface area contributed by atoms with E-state index in [0.717, 1.165) is 0 Å². The molecule has 0 unspecified atom stereocenters. The van der Waals surface area contributed by atoms with E-state index >= 15 is 4.39 Å². The van der Waals surface area contributed by atoms with Crippen LogP contribution in [0.4, 0.5) is 4.39 Å². The Kier molecular flexibility index (Phi) is 5.58. The molecular weight excluding hydrogens is 467 g/mol. The van der Waals surface area contributed by atoms with Crippen LogP contribution < -0.4 is 0 Å². The Morgan fingerprint density at radius 3 is 2.61 bits per heavy atom. The summed E-state index contributed by atoms with van der Waals surface area (Å²) in [5.41, 5.74) is -5.67. The minimum Gasteiger partial charge on any atom is -0.507 e. The molecule has 3 N–H and O–H groups in total. The molecule has 1 aromatic rings. The summed E-state index contributed by atoms with van der Waals surface area (Å²) in [5.74, 6) is -3.10. The van der Waals surface area contributed by atoms with Crippen LogP contribution in [0.5, 0.6) is 5.75 Å². The number of aromatic hydroxyl groups is 1. The van der Waals surface area contributed by atoms with E-state index in [1.807, 2.05) is 0 Å². The smallest absolute Gasteiger partial charge is 0.342 e. The van der Waals surface area contributed by atoms with E-state index in [9.17, 15) is 29.7 Å². The van der Waals surface area contributed by atoms with Crippen LogP contribution in [-0.4, -0.2) is 56.8 Å². The first-order chi connectivity index (χ1) is 16.9. The number of ether oxygens (including phenoxy) is 1. The molecule has 7 nitrogen and oxygen atoms in total. The molecule has 5 rings (SSSR count). The normalized spacial score (nSPS) is 41.1. The number of allylic oxidation sites excluding steroid dienone is 4. The van der Waals surface area contributed by atoms with Gasteiger partial charge in [0.25, 0.3) is 0 Å². The molecule has 0 heterocycles. The lowest BCUT2D eigenvalue weighted by Crippen LogP contribution is -2.69. The number of fused-ring (bicyclic) bond motifs is 5. The van der Waals surface area contributed by atoms with Gasteiger partial charge in [-0.05, 0) is 69.2 Å². The molecule has 8 heteroatoms. The van der Waals surface area contributed by atoms with Crippen molar-refractivity contribution < 1.29 is 38.8 Å². The van der Waals surface area contributed by atoms with Gasteiger partial charge in [0.05, 0.1) is 6.10 Å². The van der Waals surface area contributed by atoms with Gasteiger partial charge in [0.1, 0.15) is 16.9 Å². The molecule has 3 fully saturated rings. The highest BCUT2D eigenvalue weighted by Gasteiger charge is 2.74. The van der Waals surface area contributed by atoms with Crippen LogP contribution in [0, 0.1) is 22.7 Å². The highest BCUT2D eigenvalue weighted by molar-refractivity contribution is 6.01. The van der Waals surface area contributed by atoms with Crippen LogP contribution >= 0.6 is 0 Å². The number of Topliss-reactive ketones (excluding diaryl/α,β-unsaturated/α-hetero) is 1. The number of ketones is 2. The van der Waals surface area contributed by atoms with Gasteiger partial charge >= 0.3 is 5.97 Å². The maximum Gasteiger partial charge on any atom is 0.342 e. The zero-order valence-corrected chi connectivity index (χ0v) is 20.4. The van der Waals surface area contributed by atoms with Crippen molar-refractivity contribution in [1.82, 2.24) is 0 Å². The Balaban J connectivity index is 1.40. The van der Waals surface area contributed by atoms with Crippen LogP contribution in [0.3, 0.4) is 0 Å². The summed E-state index contributed by atoms with van der Waals surface area (Å²) >= 11 is 0. The Labute approximate surface area is 208 Å². The molecule has 0 aromatic heterocycles. The summed E-state index contributed by atoms with van der Waals surface area (Å²) in [4.78, 5) is 37.6. The maximum absolute atomic E-state index is 17.1. The molecule has 0 amide bonds. The SMILES string of the molecule is C[C@]12C=CC(=O)C=C1CC[C@H]1[C@@H]3CC[C@](O)(C(=O)COC(=O)c4ccccc4O)[C@@]3(C)C[C@H](O)[C@@]12F. The Morgan fingerprint density at radius 2 is 1.89 bits per heavy atom. The molecule has 7 atom stereocenters. The molecule has 1 aromatic carbocycles. The zero-order valence-electron chi connectivity index (χ0n) is 20.4. The Bertz CT molecular complexity index is 1210. The molecule has 0 radical (unpaired) electrons. The number of hydrogen-bond acceptors (Lipinski definition) is 7. The largest absolute Gasteiger partial charge is 0.507 e. The number of phenols is 1. The third-order valence-corrected chi connectivity index (χ3v) is 9.71. The molecule has 192 valence electrons. The lowest BCUT2D eigenvalue weighted by molar-refractivity contribution is -0.217. The molecule has 0 aliphatic heterocycles. The number of esters is 1. The van der Waals surface area contributed by atoms with Crippen molar-refractivity contribution in [3.05, 3.63) is 53.6 Å². The second-order valence-electron chi connectivity index (χ2n) is 11.2. The fourth-order valence-corrected chi connectivity index (χ4v) is 7.65. The second kappa shape index (κ2) is 8.08. The van der Waals surface area contributed by atoms with Crippen LogP contribution in [0.15, 0.2) is 48.1 Å². The first-order valence-corrected chi connectivity index (χ1v) is 12.4. The van der Waals surface area contributed by atoms with Gasteiger partial charge in [-0.25, -0.2) is 9.18 Å². The number of aliphatic hydroxyl groups is 2. The molecule has 0 bridgehead atoms. The van der Waals surface area contributed by atoms with Gasteiger partial charge in [-0.2, -0.15) is 0 Å². The van der Waals surface area contributed by atoms with E-state index in [1.54, 1.807) is 32.1 Å². The number of aliphatic hydroxyl groups excluding tert-OH is 1. The van der Waals surface area contributed by atoms with Crippen molar-refractivity contribution in [2.75, 3.05) is 6.61 Å². The third-order valence-electron chi connectivity index (χ3n) is 9.71. The number of carbonyl (C=O) groups is 3. The lowest BCUT2D eigenvalue weighted by Gasteiger charge is -2.62. The van der Waals surface area contributed by atoms with Gasteiger partial charge in [-0.15, -0.1) is 0 Å². The number of carbonyl (C=O) groups excluding carboxylic acids is 3. The van der Waals surface area contributed by atoms with Crippen LogP contribution in [-0.2, 0) is 14.3 Å². The molecule has 4 aliphatic rings. The number of rotatable bonds is 4. The van der Waals surface area contributed by atoms with E-state index in [1.165, 1.54) is 24.3 Å². The van der Waals surface area contributed by atoms with Crippen LogP contribution in [0.2, 0.25) is 0 Å². The van der Waals surface area contributed by atoms with E-state index < -0.39 is 58.4 Å². The van der Waals surface area contributed by atoms with Crippen LogP contribution in [0.25, 0.3) is 0 Å². The van der Waals surface area contributed by atoms with Gasteiger partial charge in [-0.3, -0.25) is 9.59 Å². The Hall–Kier alpha value is -2.84. The van der Waals surface area contributed by atoms with Gasteiger partial charge in [0.15, 0.2) is 18.1 Å². The average Bonchev–Trinajstić information content (AvgIpc) is 3.10. The third kappa shape index (κ3) is 3.13. The fourth-order valence-electron chi connectivity index (χ4n) is 7.65. The van der Waals surface area contributed by atoms with Crippen molar-refractivity contribution in [1.29, 1.82) is 0 Å². The highest BCUT2D eigenvalue weighted by atomic mass is 19.1. The minimum absolute atomic E-state index is 0.0637. The summed E-state index contributed by atoms with van der Waals surface area (Å²) in [5, 5.41) is 32.8. The van der Waals surface area contributed by atoms with Crippen molar-refractivity contribution in [2.24, 2.45) is 22.7 Å². The summed E-state index contributed by atoms with van der Waals surface area (Å²) in [6, 6.07) is 5.78. The molecule has 0 saturated heterocycles. The van der Waals surface area contributed by atoms with Crippen molar-refractivity contribution >= 4 is 17.5 Å². The van der Waals surface area contributed by atoms with E-state index in [-0.39, 0.29) is 29.9 Å². The number of alkyl halides is 1. The van der Waals surface area contributed by atoms with Crippen molar-refractivity contribution in [2.45, 2.75) is 63.3 Å². The number of benzene rings is 1. The Morgan fingerprint density at radius 1 is 1.17 bits per heavy atom. The maximum atomic E-state index is 17.1. The number of halogens is 1. The lowest BCUT2D eigenvalue weighted by atomic mass is 9.44.